The Kier molecular flexibility index (Phi) is 6.23. The topological polar surface area (TPSA) is 84.2 Å². The van der Waals surface area contributed by atoms with E-state index < -0.39 is 12.1 Å². The predicted octanol–water partition coefficient (Wildman–Crippen LogP) is 3.92. The van der Waals surface area contributed by atoms with Crippen LogP contribution in [0.2, 0.25) is 0 Å². The molecule has 2 aliphatic heterocycles. The molecule has 0 amide bonds. The fourth-order valence-corrected chi connectivity index (χ4v) is 3.26. The normalized spacial score (nSPS) is 23.8. The van der Waals surface area contributed by atoms with Gasteiger partial charge in [-0.15, -0.1) is 0 Å². The van der Waals surface area contributed by atoms with Crippen molar-refractivity contribution in [3.05, 3.63) is 90.6 Å². The van der Waals surface area contributed by atoms with Gasteiger partial charge in [0.2, 0.25) is 0 Å². The van der Waals surface area contributed by atoms with Gasteiger partial charge in [-0.1, -0.05) is 36.4 Å². The highest BCUT2D eigenvalue weighted by Gasteiger charge is 2.28. The number of rotatable bonds is 1. The van der Waals surface area contributed by atoms with Gasteiger partial charge in [0.05, 0.1) is 12.1 Å². The first kappa shape index (κ1) is 20.2. The minimum absolute atomic E-state index is 0.138. The second-order valence-electron chi connectivity index (χ2n) is 6.81. The number of benzene rings is 1. The minimum Gasteiger partial charge on any atom is -0.484 e. The third-order valence-electron chi connectivity index (χ3n) is 4.67. The second-order valence-corrected chi connectivity index (χ2v) is 6.81. The fraction of sp³-hybridized carbons (Fsp3) is 0.125. The standard InChI is InChI=1S/C24H21N3O4/c28-24(29)22-15-19-16-27(22)12-11-25-17-30-13-5-3-1-2-4-6-18-7-8-21-20(14-18)23(31-19)9-10-26-21/h1-12,14-15,17,19H,13,16H2,(H,28,29)/b2-1-,5-3+,6-4+,12-11-,25-17+. The molecule has 0 aliphatic carbocycles. The lowest BCUT2D eigenvalue weighted by atomic mass is 10.1. The molecule has 1 atom stereocenters. The molecule has 1 N–H and O–H groups in total. The number of carboxylic acid groups (broad SMARTS) is 1. The highest BCUT2D eigenvalue weighted by molar-refractivity contribution is 5.88. The Balaban J connectivity index is 1.69. The summed E-state index contributed by atoms with van der Waals surface area (Å²) in [5.74, 6) is -0.379. The number of aromatic nitrogens is 1. The summed E-state index contributed by atoms with van der Waals surface area (Å²) in [4.78, 5) is 21.7. The molecule has 4 bridgehead atoms. The van der Waals surface area contributed by atoms with E-state index >= 15 is 0 Å². The van der Waals surface area contributed by atoms with Crippen molar-refractivity contribution in [1.29, 1.82) is 0 Å². The van der Waals surface area contributed by atoms with Crippen molar-refractivity contribution in [2.75, 3.05) is 13.2 Å². The molecule has 3 heterocycles. The monoisotopic (exact) mass is 415 g/mol. The number of ether oxygens (including phenoxy) is 2. The third kappa shape index (κ3) is 5.08. The number of carbonyl (C=O) groups is 1. The Morgan fingerprint density at radius 2 is 2.06 bits per heavy atom. The van der Waals surface area contributed by atoms with Gasteiger partial charge in [-0.2, -0.15) is 0 Å². The van der Waals surface area contributed by atoms with Crippen LogP contribution in [-0.2, 0) is 9.53 Å². The van der Waals surface area contributed by atoms with E-state index in [4.69, 9.17) is 9.47 Å². The molecule has 0 fully saturated rings. The van der Waals surface area contributed by atoms with Gasteiger partial charge in [-0.05, 0) is 35.9 Å². The molecule has 0 saturated heterocycles. The van der Waals surface area contributed by atoms with E-state index in [1.807, 2.05) is 54.7 Å². The van der Waals surface area contributed by atoms with Crippen molar-refractivity contribution in [2.24, 2.45) is 4.99 Å². The molecule has 1 aromatic carbocycles. The van der Waals surface area contributed by atoms with Gasteiger partial charge in [-0.3, -0.25) is 4.98 Å². The maximum Gasteiger partial charge on any atom is 0.352 e. The van der Waals surface area contributed by atoms with Crippen LogP contribution < -0.4 is 4.74 Å². The zero-order valence-electron chi connectivity index (χ0n) is 16.7. The average molecular weight is 415 g/mol. The molecule has 1 unspecified atom stereocenters. The molecule has 2 aromatic rings. The first-order valence-electron chi connectivity index (χ1n) is 9.78. The van der Waals surface area contributed by atoms with Crippen LogP contribution in [0.15, 0.2) is 90.0 Å². The molecule has 0 saturated carbocycles. The van der Waals surface area contributed by atoms with Crippen molar-refractivity contribution in [1.82, 2.24) is 9.88 Å². The lowest BCUT2D eigenvalue weighted by molar-refractivity contribution is -0.133. The summed E-state index contributed by atoms with van der Waals surface area (Å²) in [5.41, 5.74) is 1.95. The molecule has 7 heteroatoms. The van der Waals surface area contributed by atoms with E-state index in [-0.39, 0.29) is 5.70 Å². The number of allylic oxidation sites excluding steroid dienone is 4. The van der Waals surface area contributed by atoms with Crippen molar-refractivity contribution in [3.8, 4) is 5.75 Å². The Morgan fingerprint density at radius 1 is 1.16 bits per heavy atom. The largest absolute Gasteiger partial charge is 0.484 e. The second kappa shape index (κ2) is 9.58. The van der Waals surface area contributed by atoms with E-state index in [1.54, 1.807) is 29.4 Å². The third-order valence-corrected chi connectivity index (χ3v) is 4.67. The first-order chi connectivity index (χ1) is 15.2. The number of fused-ring (bicyclic) bond motifs is 3. The maximum absolute atomic E-state index is 11.7. The summed E-state index contributed by atoms with van der Waals surface area (Å²) in [5, 5.41) is 10.4. The van der Waals surface area contributed by atoms with Gasteiger partial charge in [0.25, 0.3) is 0 Å². The summed E-state index contributed by atoms with van der Waals surface area (Å²) in [6.07, 6.45) is 18.8. The van der Waals surface area contributed by atoms with Crippen LogP contribution in [0, 0.1) is 0 Å². The highest BCUT2D eigenvalue weighted by Crippen LogP contribution is 2.28. The SMILES string of the molecule is O=C(O)C1=CC2CN1/C=C\N=C\OC/C=C/C=C\C=C\c1ccc3nccc(c3c1)O2. The Morgan fingerprint density at radius 3 is 2.97 bits per heavy atom. The maximum atomic E-state index is 11.7. The van der Waals surface area contributed by atoms with Crippen molar-refractivity contribution in [2.45, 2.75) is 6.10 Å². The van der Waals surface area contributed by atoms with E-state index in [0.717, 1.165) is 16.5 Å². The van der Waals surface area contributed by atoms with Crippen LogP contribution in [0.5, 0.6) is 5.75 Å². The van der Waals surface area contributed by atoms with Gasteiger partial charge in [0.1, 0.15) is 24.2 Å². The van der Waals surface area contributed by atoms with E-state index in [9.17, 15) is 9.90 Å². The Hall–Kier alpha value is -4.13. The van der Waals surface area contributed by atoms with Crippen LogP contribution in [0.4, 0.5) is 0 Å². The van der Waals surface area contributed by atoms with Crippen LogP contribution >= 0.6 is 0 Å². The number of carboxylic acids is 1. The number of aliphatic carboxylic acids is 1. The first-order valence-corrected chi connectivity index (χ1v) is 9.78. The van der Waals surface area contributed by atoms with Crippen molar-refractivity contribution < 1.29 is 19.4 Å². The summed E-state index contributed by atoms with van der Waals surface area (Å²) < 4.78 is 11.4. The van der Waals surface area contributed by atoms with Gasteiger partial charge in [-0.25, -0.2) is 9.79 Å². The summed E-state index contributed by atoms with van der Waals surface area (Å²) >= 11 is 0. The molecule has 2 aliphatic rings. The summed E-state index contributed by atoms with van der Waals surface area (Å²) in [7, 11) is 0. The minimum atomic E-state index is -1.03. The smallest absolute Gasteiger partial charge is 0.352 e. The van der Waals surface area contributed by atoms with Crippen LogP contribution in [-0.4, -0.2) is 46.6 Å². The molecule has 31 heavy (non-hydrogen) atoms. The average Bonchev–Trinajstić information content (AvgIpc) is 3.17. The number of pyridine rings is 1. The number of nitrogens with zero attached hydrogens (tertiary/aromatic N) is 3. The summed E-state index contributed by atoms with van der Waals surface area (Å²) in [6.45, 7) is 0.733. The van der Waals surface area contributed by atoms with E-state index in [0.29, 0.717) is 18.9 Å². The Labute approximate surface area is 179 Å². The molecule has 1 aromatic heterocycles. The lowest BCUT2D eigenvalue weighted by Crippen LogP contribution is -2.24. The summed E-state index contributed by atoms with van der Waals surface area (Å²) in [6, 6.07) is 7.73. The lowest BCUT2D eigenvalue weighted by Gasteiger charge is -2.17. The molecule has 156 valence electrons. The van der Waals surface area contributed by atoms with Gasteiger partial charge in [0.15, 0.2) is 6.40 Å². The molecule has 7 nitrogen and oxygen atoms in total. The quantitative estimate of drug-likeness (QED) is 0.760. The van der Waals surface area contributed by atoms with Crippen LogP contribution in [0.25, 0.3) is 17.0 Å². The number of hydrogen-bond acceptors (Lipinski definition) is 6. The van der Waals surface area contributed by atoms with Gasteiger partial charge >= 0.3 is 5.97 Å². The number of aliphatic imine (C=N–C) groups is 1. The zero-order valence-corrected chi connectivity index (χ0v) is 16.7. The van der Waals surface area contributed by atoms with Crippen LogP contribution in [0.3, 0.4) is 0 Å². The molecular weight excluding hydrogens is 394 g/mol. The number of hydrogen-bond donors (Lipinski definition) is 1. The zero-order chi connectivity index (χ0) is 21.5. The van der Waals surface area contributed by atoms with Crippen LogP contribution in [0.1, 0.15) is 5.56 Å². The molecule has 0 radical (unpaired) electrons. The Bertz CT molecular complexity index is 1140. The molecule has 4 rings (SSSR count). The fourth-order valence-electron chi connectivity index (χ4n) is 3.26. The van der Waals surface area contributed by atoms with Gasteiger partial charge in [0, 0.05) is 24.0 Å². The predicted molar refractivity (Wildman–Crippen MR) is 119 cm³/mol. The van der Waals surface area contributed by atoms with E-state index in [1.165, 1.54) is 12.6 Å². The molecular formula is C24H21N3O4. The van der Waals surface area contributed by atoms with E-state index in [2.05, 4.69) is 9.98 Å². The highest BCUT2D eigenvalue weighted by atomic mass is 16.5. The van der Waals surface area contributed by atoms with Gasteiger partial charge < -0.3 is 19.5 Å². The van der Waals surface area contributed by atoms with Crippen molar-refractivity contribution >= 4 is 29.3 Å². The molecule has 0 spiro atoms. The van der Waals surface area contributed by atoms with Crippen molar-refractivity contribution in [3.63, 3.8) is 0 Å².